The molecule has 1 aliphatic heterocycles. The molecule has 0 radical (unpaired) electrons. The zero-order chi connectivity index (χ0) is 25.0. The quantitative estimate of drug-likeness (QED) is 0.434. The molecule has 0 saturated carbocycles. The average molecular weight is 485 g/mol. The van der Waals surface area contributed by atoms with Gasteiger partial charge in [0.2, 0.25) is 0 Å². The summed E-state index contributed by atoms with van der Waals surface area (Å²) in [6, 6.07) is 1.85. The van der Waals surface area contributed by atoms with Crippen LogP contribution in [0.3, 0.4) is 0 Å². The first-order valence-electron chi connectivity index (χ1n) is 12.1. The third-order valence-electron chi connectivity index (χ3n) is 6.94. The Balaban J connectivity index is 1.65. The number of piperidine rings is 1. The van der Waals surface area contributed by atoms with E-state index < -0.39 is 5.97 Å². The predicted molar refractivity (Wildman–Crippen MR) is 139 cm³/mol. The summed E-state index contributed by atoms with van der Waals surface area (Å²) in [5.41, 5.74) is 4.18. The summed E-state index contributed by atoms with van der Waals surface area (Å²) in [6.07, 6.45) is 4.33. The summed E-state index contributed by atoms with van der Waals surface area (Å²) >= 11 is 1.41. The number of hydrogen-bond acceptors (Lipinski definition) is 7. The smallest absolute Gasteiger partial charge is 0.356 e. The number of nitrogens with zero attached hydrogens (tertiary/aromatic N) is 4. The number of allylic oxidation sites excluding steroid dienone is 2. The first-order valence-corrected chi connectivity index (χ1v) is 12.9. The molecule has 3 heterocycles. The van der Waals surface area contributed by atoms with Gasteiger partial charge in [0.05, 0.1) is 15.9 Å². The maximum Gasteiger partial charge on any atom is 0.356 e. The zero-order valence-electron chi connectivity index (χ0n) is 21.1. The number of aromatic carboxylic acids is 1. The summed E-state index contributed by atoms with van der Waals surface area (Å²) in [5, 5.41) is 10.4. The molecule has 1 saturated heterocycles. The normalized spacial score (nSPS) is 19.9. The van der Waals surface area contributed by atoms with Crippen LogP contribution in [0.25, 0.3) is 10.2 Å². The van der Waals surface area contributed by atoms with Gasteiger partial charge in [0, 0.05) is 30.9 Å². The van der Waals surface area contributed by atoms with Crippen LogP contribution < -0.4 is 4.90 Å². The maximum atomic E-state index is 12.6. The Morgan fingerprint density at radius 3 is 2.68 bits per heavy atom. The zero-order valence-corrected chi connectivity index (χ0v) is 22.0. The van der Waals surface area contributed by atoms with Gasteiger partial charge in [-0.25, -0.2) is 14.8 Å². The number of fused-ring (bicyclic) bond motifs is 1. The van der Waals surface area contributed by atoms with Crippen molar-refractivity contribution < 1.29 is 14.7 Å². The lowest BCUT2D eigenvalue weighted by molar-refractivity contribution is -0.113. The number of carboxylic acids is 1. The molecule has 0 aliphatic carbocycles. The van der Waals surface area contributed by atoms with E-state index in [1.807, 2.05) is 19.9 Å². The van der Waals surface area contributed by atoms with Crippen molar-refractivity contribution in [3.63, 3.8) is 0 Å². The Kier molecular flexibility index (Phi) is 8.57. The van der Waals surface area contributed by atoms with Crippen LogP contribution in [0.4, 0.5) is 5.13 Å². The van der Waals surface area contributed by atoms with Gasteiger partial charge >= 0.3 is 5.97 Å². The first-order chi connectivity index (χ1) is 16.1. The fourth-order valence-electron chi connectivity index (χ4n) is 4.40. The number of carbonyl (C=O) groups excluding carboxylic acids is 1. The molecule has 0 spiro atoms. The topological polar surface area (TPSA) is 95.8 Å². The van der Waals surface area contributed by atoms with Gasteiger partial charge in [0.25, 0.3) is 0 Å². The molecule has 8 heteroatoms. The van der Waals surface area contributed by atoms with Crippen molar-refractivity contribution in [2.45, 2.75) is 73.6 Å². The van der Waals surface area contributed by atoms with Crippen LogP contribution >= 0.6 is 11.3 Å². The van der Waals surface area contributed by atoms with E-state index in [2.05, 4.69) is 35.6 Å². The third kappa shape index (κ3) is 6.09. The Morgan fingerprint density at radius 2 is 2.00 bits per heavy atom. The number of hydrogen-bond donors (Lipinski definition) is 1. The van der Waals surface area contributed by atoms with E-state index in [0.717, 1.165) is 49.6 Å². The molecule has 2 aromatic rings. The first kappa shape index (κ1) is 26.0. The summed E-state index contributed by atoms with van der Waals surface area (Å²) in [4.78, 5) is 40.0. The number of aromatic nitrogens is 2. The van der Waals surface area contributed by atoms with Gasteiger partial charge in [-0.3, -0.25) is 9.79 Å². The minimum Gasteiger partial charge on any atom is -0.476 e. The van der Waals surface area contributed by atoms with Crippen molar-refractivity contribution in [2.24, 2.45) is 16.8 Å². The molecule has 1 unspecified atom stereocenters. The van der Waals surface area contributed by atoms with E-state index in [0.29, 0.717) is 39.9 Å². The van der Waals surface area contributed by atoms with Crippen LogP contribution in [0, 0.1) is 18.8 Å². The lowest BCUT2D eigenvalue weighted by Crippen LogP contribution is -2.39. The van der Waals surface area contributed by atoms with E-state index in [1.165, 1.54) is 16.9 Å². The van der Waals surface area contributed by atoms with E-state index in [1.54, 1.807) is 6.92 Å². The highest BCUT2D eigenvalue weighted by atomic mass is 32.1. The van der Waals surface area contributed by atoms with Crippen LogP contribution in [0.2, 0.25) is 0 Å². The Morgan fingerprint density at radius 1 is 1.26 bits per heavy atom. The van der Waals surface area contributed by atoms with Gasteiger partial charge in [-0.15, -0.1) is 0 Å². The van der Waals surface area contributed by atoms with E-state index in [-0.39, 0.29) is 11.5 Å². The third-order valence-corrected chi connectivity index (χ3v) is 8.08. The number of carbonyl (C=O) groups is 2. The molecule has 2 atom stereocenters. The fourth-order valence-corrected chi connectivity index (χ4v) is 5.46. The maximum absolute atomic E-state index is 12.6. The lowest BCUT2D eigenvalue weighted by Gasteiger charge is -2.37. The summed E-state index contributed by atoms with van der Waals surface area (Å²) in [7, 11) is 0. The molecule has 1 fully saturated rings. The monoisotopic (exact) mass is 484 g/mol. The number of anilines is 1. The van der Waals surface area contributed by atoms with Crippen molar-refractivity contribution >= 4 is 44.1 Å². The number of thiazole rings is 1. The standard InChI is InChI=1S/C26H36N4O3S/c1-7-15(2)18(5)28-19(6)22(31)10-8-9-20-14-30(12-11-16(20)3)26-29-21-13-17(4)27-23(25(32)33)24(21)34-26/h13,16,20H,7-12,14H2,1-6H3,(H,32,33)/b18-15+,28-19+/t16-,20?/m1/s1. The summed E-state index contributed by atoms with van der Waals surface area (Å²) < 4.78 is 0.631. The van der Waals surface area contributed by atoms with Gasteiger partial charge in [0.1, 0.15) is 0 Å². The van der Waals surface area contributed by atoms with Crippen molar-refractivity contribution in [3.8, 4) is 0 Å². The second-order valence-electron chi connectivity index (χ2n) is 9.47. The number of ketones is 1. The summed E-state index contributed by atoms with van der Waals surface area (Å²) in [6.45, 7) is 13.8. The van der Waals surface area contributed by atoms with Gasteiger partial charge in [-0.05, 0) is 71.3 Å². The van der Waals surface area contributed by atoms with Gasteiger partial charge in [0.15, 0.2) is 16.6 Å². The number of aliphatic imine (C=N–C) groups is 1. The minimum atomic E-state index is -1.02. The molecule has 7 nitrogen and oxygen atoms in total. The fraction of sp³-hybridized carbons (Fsp3) is 0.577. The van der Waals surface area contributed by atoms with Gasteiger partial charge in [-0.1, -0.05) is 30.8 Å². The minimum absolute atomic E-state index is 0.0791. The molecule has 2 aromatic heterocycles. The second-order valence-corrected chi connectivity index (χ2v) is 10.4. The highest BCUT2D eigenvalue weighted by Crippen LogP contribution is 2.36. The number of pyridine rings is 1. The van der Waals surface area contributed by atoms with Crippen LogP contribution in [-0.2, 0) is 4.79 Å². The molecule has 0 bridgehead atoms. The molecule has 0 aromatic carbocycles. The SMILES string of the molecule is CC/C(C)=C(C)/N=C(\C)C(=O)CCCC1CN(c2nc3cc(C)nc(C(=O)O)c3s2)CC[C@H]1C. The molecular weight excluding hydrogens is 448 g/mol. The van der Waals surface area contributed by atoms with E-state index in [4.69, 9.17) is 4.98 Å². The molecule has 3 rings (SSSR count). The molecule has 0 amide bonds. The average Bonchev–Trinajstić information content (AvgIpc) is 3.22. The van der Waals surface area contributed by atoms with E-state index in [9.17, 15) is 14.7 Å². The molecule has 1 N–H and O–H groups in total. The highest BCUT2D eigenvalue weighted by molar-refractivity contribution is 7.22. The van der Waals surface area contributed by atoms with Crippen LogP contribution in [0.15, 0.2) is 22.3 Å². The number of rotatable bonds is 9. The molecule has 1 aliphatic rings. The van der Waals surface area contributed by atoms with Crippen molar-refractivity contribution in [2.75, 3.05) is 18.0 Å². The van der Waals surface area contributed by atoms with Crippen molar-refractivity contribution in [1.82, 2.24) is 9.97 Å². The van der Waals surface area contributed by atoms with E-state index >= 15 is 0 Å². The Hall–Kier alpha value is -2.61. The van der Waals surface area contributed by atoms with Crippen LogP contribution in [-0.4, -0.2) is 45.6 Å². The molecule has 184 valence electrons. The predicted octanol–water partition coefficient (Wildman–Crippen LogP) is 6.06. The van der Waals surface area contributed by atoms with Crippen LogP contribution in [0.1, 0.15) is 82.9 Å². The number of aryl methyl sites for hydroxylation is 1. The number of Topliss-reactive ketones (excluding diaryl/α,β-unsaturated/α-hetero) is 1. The highest BCUT2D eigenvalue weighted by Gasteiger charge is 2.28. The Labute approximate surface area is 206 Å². The molecule has 34 heavy (non-hydrogen) atoms. The lowest BCUT2D eigenvalue weighted by atomic mass is 9.83. The summed E-state index contributed by atoms with van der Waals surface area (Å²) in [5.74, 6) is 0.145. The largest absolute Gasteiger partial charge is 0.476 e. The Bertz CT molecular complexity index is 1130. The van der Waals surface area contributed by atoms with Crippen LogP contribution in [0.5, 0.6) is 0 Å². The second kappa shape index (κ2) is 11.2. The van der Waals surface area contributed by atoms with Gasteiger partial charge in [-0.2, -0.15) is 0 Å². The van der Waals surface area contributed by atoms with Gasteiger partial charge < -0.3 is 10.0 Å². The number of carboxylic acid groups (broad SMARTS) is 1. The van der Waals surface area contributed by atoms with Crippen molar-refractivity contribution in [1.29, 1.82) is 0 Å². The molecular formula is C26H36N4O3S. The van der Waals surface area contributed by atoms with Crippen molar-refractivity contribution in [3.05, 3.63) is 28.7 Å².